The standard InChI is InChI=1S/C8H8O3.C4H10O4/c1-11-8-3-2-6(5-9)4-7(8)10;5-1-3(7)4(8)2-6/h2-5,10H,1H3;3-8H,1-2H2. The SMILES string of the molecule is COc1ccc(C=O)cc1O.OCC(O)C(O)CO. The van der Waals surface area contributed by atoms with Crippen LogP contribution in [0.15, 0.2) is 18.2 Å². The summed E-state index contributed by atoms with van der Waals surface area (Å²) in [5.74, 6) is 0.354. The van der Waals surface area contributed by atoms with Crippen molar-refractivity contribution in [3.8, 4) is 11.5 Å². The van der Waals surface area contributed by atoms with Gasteiger partial charge < -0.3 is 30.3 Å². The molecule has 2 unspecified atom stereocenters. The van der Waals surface area contributed by atoms with E-state index in [1.165, 1.54) is 13.2 Å². The Morgan fingerprint density at radius 1 is 1.21 bits per heavy atom. The fraction of sp³-hybridized carbons (Fsp3) is 0.417. The number of benzene rings is 1. The number of aliphatic hydroxyl groups is 4. The third-order valence-electron chi connectivity index (χ3n) is 2.16. The van der Waals surface area contributed by atoms with Gasteiger partial charge in [-0.3, -0.25) is 4.79 Å². The van der Waals surface area contributed by atoms with Crippen molar-refractivity contribution in [3.05, 3.63) is 23.8 Å². The van der Waals surface area contributed by atoms with Crippen LogP contribution in [0.25, 0.3) is 0 Å². The lowest BCUT2D eigenvalue weighted by molar-refractivity contribution is -0.0388. The first-order valence-electron chi connectivity index (χ1n) is 5.40. The number of hydrogen-bond acceptors (Lipinski definition) is 7. The van der Waals surface area contributed by atoms with E-state index >= 15 is 0 Å². The molecule has 7 nitrogen and oxygen atoms in total. The van der Waals surface area contributed by atoms with Gasteiger partial charge in [0.1, 0.15) is 18.5 Å². The zero-order valence-corrected chi connectivity index (χ0v) is 10.4. The smallest absolute Gasteiger partial charge is 0.160 e. The summed E-state index contributed by atoms with van der Waals surface area (Å²) >= 11 is 0. The highest BCUT2D eigenvalue weighted by molar-refractivity contribution is 5.76. The molecule has 5 N–H and O–H groups in total. The Bertz CT molecular complexity index is 372. The summed E-state index contributed by atoms with van der Waals surface area (Å²) in [6.45, 7) is -1.05. The monoisotopic (exact) mass is 274 g/mol. The van der Waals surface area contributed by atoms with E-state index in [4.69, 9.17) is 30.3 Å². The highest BCUT2D eigenvalue weighted by Crippen LogP contribution is 2.25. The molecule has 7 heteroatoms. The summed E-state index contributed by atoms with van der Waals surface area (Å²) in [6, 6.07) is 4.47. The Kier molecular flexibility index (Phi) is 8.47. The lowest BCUT2D eigenvalue weighted by atomic mass is 10.2. The number of ether oxygens (including phenoxy) is 1. The van der Waals surface area contributed by atoms with E-state index in [1.807, 2.05) is 0 Å². The minimum absolute atomic E-state index is 0.0166. The van der Waals surface area contributed by atoms with Crippen LogP contribution in [0.4, 0.5) is 0 Å². The molecule has 0 amide bonds. The van der Waals surface area contributed by atoms with E-state index in [0.29, 0.717) is 17.6 Å². The maximum absolute atomic E-state index is 10.2. The van der Waals surface area contributed by atoms with Crippen LogP contribution >= 0.6 is 0 Å². The van der Waals surface area contributed by atoms with Gasteiger partial charge >= 0.3 is 0 Å². The molecule has 0 saturated heterocycles. The molecule has 0 spiro atoms. The normalized spacial score (nSPS) is 12.9. The van der Waals surface area contributed by atoms with Gasteiger partial charge in [0, 0.05) is 5.56 Å². The van der Waals surface area contributed by atoms with Gasteiger partial charge in [0.2, 0.25) is 0 Å². The lowest BCUT2D eigenvalue weighted by Crippen LogP contribution is -2.31. The van der Waals surface area contributed by atoms with Crippen molar-refractivity contribution >= 4 is 6.29 Å². The lowest BCUT2D eigenvalue weighted by Gasteiger charge is -2.10. The van der Waals surface area contributed by atoms with Gasteiger partial charge in [-0.15, -0.1) is 0 Å². The first kappa shape index (κ1) is 17.3. The molecule has 2 atom stereocenters. The summed E-state index contributed by atoms with van der Waals surface area (Å²) in [6.07, 6.45) is -1.78. The maximum Gasteiger partial charge on any atom is 0.160 e. The Labute approximate surface area is 110 Å². The van der Waals surface area contributed by atoms with Crippen LogP contribution in [0.3, 0.4) is 0 Å². The first-order valence-corrected chi connectivity index (χ1v) is 5.40. The fourth-order valence-corrected chi connectivity index (χ4v) is 1.02. The summed E-state index contributed by atoms with van der Waals surface area (Å²) in [5, 5.41) is 42.3. The van der Waals surface area contributed by atoms with Crippen LogP contribution in [0.2, 0.25) is 0 Å². The summed E-state index contributed by atoms with van der Waals surface area (Å²) in [5.41, 5.74) is 0.434. The van der Waals surface area contributed by atoms with Gasteiger partial charge in [-0.05, 0) is 18.2 Å². The van der Waals surface area contributed by atoms with Gasteiger partial charge in [0.15, 0.2) is 11.5 Å². The van der Waals surface area contributed by atoms with Crippen molar-refractivity contribution in [2.24, 2.45) is 0 Å². The van der Waals surface area contributed by atoms with E-state index in [9.17, 15) is 4.79 Å². The molecule has 1 aromatic rings. The van der Waals surface area contributed by atoms with Gasteiger partial charge in [-0.1, -0.05) is 0 Å². The highest BCUT2D eigenvalue weighted by atomic mass is 16.5. The van der Waals surface area contributed by atoms with Crippen LogP contribution in [-0.2, 0) is 0 Å². The number of aliphatic hydroxyl groups excluding tert-OH is 4. The van der Waals surface area contributed by atoms with Gasteiger partial charge in [0.05, 0.1) is 20.3 Å². The number of carbonyl (C=O) groups excluding carboxylic acids is 1. The number of carbonyl (C=O) groups is 1. The van der Waals surface area contributed by atoms with Crippen molar-refractivity contribution in [2.75, 3.05) is 20.3 Å². The van der Waals surface area contributed by atoms with Crippen molar-refractivity contribution in [3.63, 3.8) is 0 Å². The summed E-state index contributed by atoms with van der Waals surface area (Å²) < 4.78 is 4.78. The average Bonchev–Trinajstić information content (AvgIpc) is 2.45. The number of rotatable bonds is 5. The Hall–Kier alpha value is -1.67. The van der Waals surface area contributed by atoms with Crippen molar-refractivity contribution < 1.29 is 35.1 Å². The third kappa shape index (κ3) is 6.16. The molecule has 0 aliphatic carbocycles. The molecule has 1 rings (SSSR count). The Morgan fingerprint density at radius 3 is 2.05 bits per heavy atom. The molecule has 19 heavy (non-hydrogen) atoms. The number of phenols is 1. The zero-order valence-electron chi connectivity index (χ0n) is 10.4. The topological polar surface area (TPSA) is 127 Å². The molecule has 0 bridgehead atoms. The number of hydrogen-bond donors (Lipinski definition) is 5. The Balaban J connectivity index is 0.000000362. The second kappa shape index (κ2) is 9.29. The number of aromatic hydroxyl groups is 1. The molecule has 0 aliphatic rings. The molecular weight excluding hydrogens is 256 g/mol. The third-order valence-corrected chi connectivity index (χ3v) is 2.16. The van der Waals surface area contributed by atoms with Crippen LogP contribution < -0.4 is 4.74 Å². The second-order valence-electron chi connectivity index (χ2n) is 3.55. The van der Waals surface area contributed by atoms with Gasteiger partial charge in [-0.25, -0.2) is 0 Å². The maximum atomic E-state index is 10.2. The van der Waals surface area contributed by atoms with E-state index in [2.05, 4.69) is 0 Å². The largest absolute Gasteiger partial charge is 0.504 e. The molecule has 1 aromatic carbocycles. The molecule has 0 aromatic heterocycles. The first-order chi connectivity index (χ1) is 8.99. The highest BCUT2D eigenvalue weighted by Gasteiger charge is 2.12. The minimum atomic E-state index is -1.22. The second-order valence-corrected chi connectivity index (χ2v) is 3.55. The minimum Gasteiger partial charge on any atom is -0.504 e. The number of methoxy groups -OCH3 is 1. The van der Waals surface area contributed by atoms with Crippen LogP contribution in [0.5, 0.6) is 11.5 Å². The predicted molar refractivity (Wildman–Crippen MR) is 66.2 cm³/mol. The molecule has 0 radical (unpaired) electrons. The summed E-state index contributed by atoms with van der Waals surface area (Å²) in [7, 11) is 1.45. The van der Waals surface area contributed by atoms with E-state index in [-0.39, 0.29) is 5.75 Å². The number of phenolic OH excluding ortho intramolecular Hbond substituents is 1. The van der Waals surface area contributed by atoms with E-state index in [1.54, 1.807) is 12.1 Å². The molecule has 108 valence electrons. The van der Waals surface area contributed by atoms with Crippen LogP contribution in [-0.4, -0.2) is 64.4 Å². The average molecular weight is 274 g/mol. The quantitative estimate of drug-likeness (QED) is 0.431. The Morgan fingerprint density at radius 2 is 1.74 bits per heavy atom. The van der Waals surface area contributed by atoms with Gasteiger partial charge in [-0.2, -0.15) is 0 Å². The summed E-state index contributed by atoms with van der Waals surface area (Å²) in [4.78, 5) is 10.2. The molecular formula is C12H18O7. The zero-order chi connectivity index (χ0) is 14.8. The van der Waals surface area contributed by atoms with Crippen LogP contribution in [0.1, 0.15) is 10.4 Å². The van der Waals surface area contributed by atoms with Crippen LogP contribution in [0, 0.1) is 0 Å². The van der Waals surface area contributed by atoms with Gasteiger partial charge in [0.25, 0.3) is 0 Å². The number of aldehydes is 1. The van der Waals surface area contributed by atoms with Crippen molar-refractivity contribution in [1.29, 1.82) is 0 Å². The van der Waals surface area contributed by atoms with E-state index in [0.717, 1.165) is 0 Å². The van der Waals surface area contributed by atoms with Crippen molar-refractivity contribution in [1.82, 2.24) is 0 Å². The van der Waals surface area contributed by atoms with Crippen molar-refractivity contribution in [2.45, 2.75) is 12.2 Å². The molecule has 0 aliphatic heterocycles. The fourth-order valence-electron chi connectivity index (χ4n) is 1.02. The molecule has 0 fully saturated rings. The van der Waals surface area contributed by atoms with E-state index < -0.39 is 25.4 Å². The molecule has 0 saturated carbocycles. The molecule has 0 heterocycles. The predicted octanol–water partition coefficient (Wildman–Crippen LogP) is -1.09.